The molecular weight excluding hydrogens is 238 g/mol. The number of nitrogen functional groups attached to an aromatic ring is 1. The molecule has 1 heterocycles. The van der Waals surface area contributed by atoms with E-state index in [1.165, 1.54) is 12.8 Å². The van der Waals surface area contributed by atoms with Crippen molar-refractivity contribution in [3.63, 3.8) is 0 Å². The van der Waals surface area contributed by atoms with Crippen LogP contribution in [0.3, 0.4) is 0 Å². The Labute approximate surface area is 114 Å². The summed E-state index contributed by atoms with van der Waals surface area (Å²) in [4.78, 5) is 6.80. The first-order valence-corrected chi connectivity index (χ1v) is 7.15. The summed E-state index contributed by atoms with van der Waals surface area (Å²) in [5.41, 5.74) is 8.13. The van der Waals surface area contributed by atoms with Gasteiger partial charge in [0.1, 0.15) is 5.52 Å². The molecule has 0 aliphatic rings. The van der Waals surface area contributed by atoms with Crippen LogP contribution in [0.5, 0.6) is 0 Å². The normalized spacial score (nSPS) is 11.1. The Morgan fingerprint density at radius 3 is 2.47 bits per heavy atom. The minimum absolute atomic E-state index is 0.712. The van der Waals surface area contributed by atoms with E-state index < -0.39 is 0 Å². The zero-order valence-electron chi connectivity index (χ0n) is 11.9. The standard InChI is InChI=1S/C15H23N3O/c1-3-5-9-18(10-6-4-2)15-17-13-8-7-12(16)11-14(13)19-15/h7-8,11H,3-6,9-10,16H2,1-2H3. The lowest BCUT2D eigenvalue weighted by Crippen LogP contribution is -2.25. The molecule has 4 heteroatoms. The monoisotopic (exact) mass is 261 g/mol. The highest BCUT2D eigenvalue weighted by molar-refractivity contribution is 5.78. The van der Waals surface area contributed by atoms with Crippen molar-refractivity contribution in [1.29, 1.82) is 0 Å². The summed E-state index contributed by atoms with van der Waals surface area (Å²) in [5, 5.41) is 0. The summed E-state index contributed by atoms with van der Waals surface area (Å²) >= 11 is 0. The molecule has 0 fully saturated rings. The Balaban J connectivity index is 2.21. The molecule has 0 amide bonds. The Bertz CT molecular complexity index is 513. The molecule has 0 saturated heterocycles. The van der Waals surface area contributed by atoms with Crippen molar-refractivity contribution >= 4 is 22.8 Å². The van der Waals surface area contributed by atoms with Crippen LogP contribution in [-0.4, -0.2) is 18.1 Å². The van der Waals surface area contributed by atoms with E-state index in [1.54, 1.807) is 0 Å². The van der Waals surface area contributed by atoms with Crippen LogP contribution in [0.25, 0.3) is 11.1 Å². The molecule has 2 N–H and O–H groups in total. The van der Waals surface area contributed by atoms with E-state index in [2.05, 4.69) is 23.7 Å². The molecule has 0 spiro atoms. The van der Waals surface area contributed by atoms with E-state index in [4.69, 9.17) is 10.2 Å². The lowest BCUT2D eigenvalue weighted by atomic mass is 10.3. The van der Waals surface area contributed by atoms with E-state index in [0.29, 0.717) is 5.69 Å². The van der Waals surface area contributed by atoms with Crippen LogP contribution < -0.4 is 10.6 Å². The van der Waals surface area contributed by atoms with Crippen molar-refractivity contribution in [3.05, 3.63) is 18.2 Å². The summed E-state index contributed by atoms with van der Waals surface area (Å²) in [6, 6.07) is 6.33. The first-order valence-electron chi connectivity index (χ1n) is 7.15. The number of oxazole rings is 1. The van der Waals surface area contributed by atoms with Crippen LogP contribution in [0.15, 0.2) is 22.6 Å². The lowest BCUT2D eigenvalue weighted by Gasteiger charge is -2.19. The van der Waals surface area contributed by atoms with Crippen LogP contribution in [0.2, 0.25) is 0 Å². The van der Waals surface area contributed by atoms with Crippen molar-refractivity contribution in [3.8, 4) is 0 Å². The van der Waals surface area contributed by atoms with Gasteiger partial charge in [-0.2, -0.15) is 4.98 Å². The second-order valence-electron chi connectivity index (χ2n) is 4.92. The van der Waals surface area contributed by atoms with Crippen molar-refractivity contribution in [1.82, 2.24) is 4.98 Å². The predicted octanol–water partition coefficient (Wildman–Crippen LogP) is 3.82. The predicted molar refractivity (Wildman–Crippen MR) is 80.5 cm³/mol. The molecule has 0 radical (unpaired) electrons. The van der Waals surface area contributed by atoms with Gasteiger partial charge in [0.05, 0.1) is 0 Å². The van der Waals surface area contributed by atoms with Gasteiger partial charge < -0.3 is 15.1 Å². The molecule has 0 aliphatic heterocycles. The average molecular weight is 261 g/mol. The summed E-state index contributed by atoms with van der Waals surface area (Å²) < 4.78 is 5.84. The molecule has 104 valence electrons. The zero-order chi connectivity index (χ0) is 13.7. The van der Waals surface area contributed by atoms with Crippen LogP contribution in [0, 0.1) is 0 Å². The van der Waals surface area contributed by atoms with Crippen LogP contribution in [-0.2, 0) is 0 Å². The fourth-order valence-corrected chi connectivity index (χ4v) is 2.07. The van der Waals surface area contributed by atoms with E-state index >= 15 is 0 Å². The topological polar surface area (TPSA) is 55.3 Å². The molecule has 19 heavy (non-hydrogen) atoms. The molecule has 0 saturated carbocycles. The fraction of sp³-hybridized carbons (Fsp3) is 0.533. The van der Waals surface area contributed by atoms with Gasteiger partial charge in [-0.1, -0.05) is 26.7 Å². The molecule has 2 rings (SSSR count). The maximum atomic E-state index is 5.84. The van der Waals surface area contributed by atoms with E-state index in [9.17, 15) is 0 Å². The molecule has 0 unspecified atom stereocenters. The van der Waals surface area contributed by atoms with Gasteiger partial charge in [0.15, 0.2) is 5.58 Å². The number of hydrogen-bond acceptors (Lipinski definition) is 4. The smallest absolute Gasteiger partial charge is 0.298 e. The number of fused-ring (bicyclic) bond motifs is 1. The van der Waals surface area contributed by atoms with Gasteiger partial charge in [0, 0.05) is 24.8 Å². The van der Waals surface area contributed by atoms with Gasteiger partial charge >= 0.3 is 0 Å². The highest BCUT2D eigenvalue weighted by Gasteiger charge is 2.13. The maximum absolute atomic E-state index is 5.84. The van der Waals surface area contributed by atoms with Crippen LogP contribution in [0.4, 0.5) is 11.7 Å². The number of nitrogens with zero attached hydrogens (tertiary/aromatic N) is 2. The SMILES string of the molecule is CCCCN(CCCC)c1nc2ccc(N)cc2o1. The Morgan fingerprint density at radius 2 is 1.84 bits per heavy atom. The summed E-state index contributed by atoms with van der Waals surface area (Å²) in [5.74, 6) is 0. The summed E-state index contributed by atoms with van der Waals surface area (Å²) in [6.45, 7) is 6.40. The summed E-state index contributed by atoms with van der Waals surface area (Å²) in [6.07, 6.45) is 4.67. The van der Waals surface area contributed by atoms with E-state index in [-0.39, 0.29) is 0 Å². The van der Waals surface area contributed by atoms with Crippen molar-refractivity contribution < 1.29 is 4.42 Å². The molecule has 0 aliphatic carbocycles. The second kappa shape index (κ2) is 6.45. The molecular formula is C15H23N3O. The number of unbranched alkanes of at least 4 members (excludes halogenated alkanes) is 2. The number of hydrogen-bond donors (Lipinski definition) is 1. The average Bonchev–Trinajstić information content (AvgIpc) is 2.81. The van der Waals surface area contributed by atoms with E-state index in [0.717, 1.165) is 43.0 Å². The van der Waals surface area contributed by atoms with Gasteiger partial charge in [-0.3, -0.25) is 0 Å². The quantitative estimate of drug-likeness (QED) is 0.770. The third-order valence-electron chi connectivity index (χ3n) is 3.23. The highest BCUT2D eigenvalue weighted by Crippen LogP contribution is 2.24. The zero-order valence-corrected chi connectivity index (χ0v) is 11.9. The van der Waals surface area contributed by atoms with Crippen molar-refractivity contribution in [2.45, 2.75) is 39.5 Å². The lowest BCUT2D eigenvalue weighted by molar-refractivity contribution is 0.549. The third kappa shape index (κ3) is 3.40. The first-order chi connectivity index (χ1) is 9.24. The Morgan fingerprint density at radius 1 is 1.16 bits per heavy atom. The number of anilines is 2. The Hall–Kier alpha value is -1.71. The largest absolute Gasteiger partial charge is 0.423 e. The molecule has 2 aromatic rings. The maximum Gasteiger partial charge on any atom is 0.298 e. The van der Waals surface area contributed by atoms with Gasteiger partial charge in [-0.15, -0.1) is 0 Å². The summed E-state index contributed by atoms with van der Waals surface area (Å²) in [7, 11) is 0. The van der Waals surface area contributed by atoms with Crippen LogP contribution in [0.1, 0.15) is 39.5 Å². The van der Waals surface area contributed by atoms with Gasteiger partial charge in [0.2, 0.25) is 0 Å². The van der Waals surface area contributed by atoms with E-state index in [1.807, 2.05) is 18.2 Å². The molecule has 1 aromatic carbocycles. The third-order valence-corrected chi connectivity index (χ3v) is 3.23. The van der Waals surface area contributed by atoms with Gasteiger partial charge in [-0.25, -0.2) is 0 Å². The minimum Gasteiger partial charge on any atom is -0.423 e. The number of aromatic nitrogens is 1. The fourth-order valence-electron chi connectivity index (χ4n) is 2.07. The van der Waals surface area contributed by atoms with Gasteiger partial charge in [-0.05, 0) is 25.0 Å². The van der Waals surface area contributed by atoms with Gasteiger partial charge in [0.25, 0.3) is 6.01 Å². The highest BCUT2D eigenvalue weighted by atomic mass is 16.4. The molecule has 0 bridgehead atoms. The molecule has 0 atom stereocenters. The second-order valence-corrected chi connectivity index (χ2v) is 4.92. The van der Waals surface area contributed by atoms with Crippen molar-refractivity contribution in [2.24, 2.45) is 0 Å². The first kappa shape index (κ1) is 13.7. The number of nitrogens with two attached hydrogens (primary N) is 1. The molecule has 4 nitrogen and oxygen atoms in total. The van der Waals surface area contributed by atoms with Crippen LogP contribution >= 0.6 is 0 Å². The molecule has 1 aromatic heterocycles. The van der Waals surface area contributed by atoms with Crippen molar-refractivity contribution in [2.75, 3.05) is 23.7 Å². The Kier molecular flexibility index (Phi) is 4.66. The minimum atomic E-state index is 0.712. The number of benzene rings is 1. The number of rotatable bonds is 7.